The van der Waals surface area contributed by atoms with Gasteiger partial charge in [-0.1, -0.05) is 0 Å². The Hall–Kier alpha value is -2.85. The molecule has 4 rings (SSSR count). The van der Waals surface area contributed by atoms with Crippen LogP contribution in [0, 0.1) is 0 Å². The van der Waals surface area contributed by atoms with Crippen LogP contribution in [0.5, 0.6) is 0 Å². The standard InChI is InChI=1S/C21H26F2N6O2/c1-13-12-31-9-8-29(13)20-16-10-24-7-6-17(16)27-19(28-20)14-2-4-15(5-3-14)26-21(30)25-11-18(22)23/h2-5,13,18,24H,6-12H2,1H3,(H2,25,26,30). The van der Waals surface area contributed by atoms with E-state index in [9.17, 15) is 13.6 Å². The van der Waals surface area contributed by atoms with Gasteiger partial charge in [-0.15, -0.1) is 0 Å². The normalized spacial score (nSPS) is 18.6. The topological polar surface area (TPSA) is 91.4 Å². The van der Waals surface area contributed by atoms with Crippen molar-refractivity contribution >= 4 is 17.5 Å². The lowest BCUT2D eigenvalue weighted by atomic mass is 10.1. The molecule has 2 aliphatic heterocycles. The Labute approximate surface area is 179 Å². The zero-order valence-electron chi connectivity index (χ0n) is 17.3. The first-order valence-electron chi connectivity index (χ1n) is 10.4. The van der Waals surface area contributed by atoms with Gasteiger partial charge < -0.3 is 25.6 Å². The van der Waals surface area contributed by atoms with Gasteiger partial charge in [0.2, 0.25) is 0 Å². The average molecular weight is 432 g/mol. The highest BCUT2D eigenvalue weighted by Gasteiger charge is 2.27. The van der Waals surface area contributed by atoms with E-state index >= 15 is 0 Å². The number of ether oxygens (including phenoxy) is 1. The Balaban J connectivity index is 1.58. The third-order valence-corrected chi connectivity index (χ3v) is 5.37. The number of halogens is 2. The van der Waals surface area contributed by atoms with E-state index in [0.29, 0.717) is 24.7 Å². The summed E-state index contributed by atoms with van der Waals surface area (Å²) in [5.74, 6) is 1.57. The van der Waals surface area contributed by atoms with Gasteiger partial charge >= 0.3 is 6.03 Å². The summed E-state index contributed by atoms with van der Waals surface area (Å²) >= 11 is 0. The van der Waals surface area contributed by atoms with Crippen LogP contribution >= 0.6 is 0 Å². The summed E-state index contributed by atoms with van der Waals surface area (Å²) in [5.41, 5.74) is 3.51. The fourth-order valence-electron chi connectivity index (χ4n) is 3.78. The van der Waals surface area contributed by atoms with Crippen LogP contribution < -0.4 is 20.9 Å². The van der Waals surface area contributed by atoms with Crippen molar-refractivity contribution in [1.82, 2.24) is 20.6 Å². The number of aromatic nitrogens is 2. The first-order chi connectivity index (χ1) is 15.0. The molecule has 0 spiro atoms. The number of fused-ring (bicyclic) bond motifs is 1. The number of carbonyl (C=O) groups excluding carboxylic acids is 1. The number of rotatable bonds is 5. The van der Waals surface area contributed by atoms with Gasteiger partial charge in [0.25, 0.3) is 6.43 Å². The van der Waals surface area contributed by atoms with Crippen LogP contribution in [0.15, 0.2) is 24.3 Å². The first kappa shape index (κ1) is 21.4. The van der Waals surface area contributed by atoms with Crippen molar-refractivity contribution in [3.05, 3.63) is 35.5 Å². The van der Waals surface area contributed by atoms with Crippen LogP contribution in [0.25, 0.3) is 11.4 Å². The molecule has 0 bridgehead atoms. The number of benzene rings is 1. The zero-order chi connectivity index (χ0) is 21.8. The quantitative estimate of drug-likeness (QED) is 0.672. The summed E-state index contributed by atoms with van der Waals surface area (Å²) in [7, 11) is 0. The van der Waals surface area contributed by atoms with Crippen molar-refractivity contribution in [2.24, 2.45) is 0 Å². The smallest absolute Gasteiger partial charge is 0.319 e. The number of carbonyl (C=O) groups is 1. The second-order valence-electron chi connectivity index (χ2n) is 7.64. The Bertz CT molecular complexity index is 925. The predicted octanol–water partition coefficient (Wildman–Crippen LogP) is 2.40. The molecule has 2 aromatic rings. The third-order valence-electron chi connectivity index (χ3n) is 5.37. The molecular weight excluding hydrogens is 406 g/mol. The largest absolute Gasteiger partial charge is 0.377 e. The summed E-state index contributed by atoms with van der Waals surface area (Å²) in [5, 5.41) is 8.06. The SMILES string of the molecule is CC1COCCN1c1nc(-c2ccc(NC(=O)NCC(F)F)cc2)nc2c1CNCC2. The summed E-state index contributed by atoms with van der Waals surface area (Å²) < 4.78 is 30.0. The summed E-state index contributed by atoms with van der Waals surface area (Å²) in [6.45, 7) is 5.16. The van der Waals surface area contributed by atoms with E-state index in [1.807, 2.05) is 12.1 Å². The van der Waals surface area contributed by atoms with Gasteiger partial charge in [0.15, 0.2) is 5.82 Å². The predicted molar refractivity (Wildman–Crippen MR) is 114 cm³/mol. The number of nitrogens with one attached hydrogen (secondary N) is 3. The molecule has 3 heterocycles. The van der Waals surface area contributed by atoms with E-state index in [2.05, 4.69) is 27.8 Å². The van der Waals surface area contributed by atoms with Crippen LogP contribution in [0.4, 0.5) is 25.1 Å². The molecule has 1 aromatic heterocycles. The van der Waals surface area contributed by atoms with Gasteiger partial charge in [0, 0.05) is 42.9 Å². The van der Waals surface area contributed by atoms with E-state index in [0.717, 1.165) is 48.7 Å². The molecule has 3 N–H and O–H groups in total. The molecule has 10 heteroatoms. The summed E-state index contributed by atoms with van der Waals surface area (Å²) in [6.07, 6.45) is -1.76. The van der Waals surface area contributed by atoms with Crippen molar-refractivity contribution in [2.75, 3.05) is 43.1 Å². The number of urea groups is 1. The molecule has 1 aromatic carbocycles. The highest BCUT2D eigenvalue weighted by Crippen LogP contribution is 2.30. The van der Waals surface area contributed by atoms with Crippen molar-refractivity contribution in [1.29, 1.82) is 0 Å². The number of morpholine rings is 1. The average Bonchev–Trinajstić information content (AvgIpc) is 2.78. The second kappa shape index (κ2) is 9.52. The number of nitrogens with zero attached hydrogens (tertiary/aromatic N) is 3. The molecule has 2 amide bonds. The van der Waals surface area contributed by atoms with Gasteiger partial charge in [-0.05, 0) is 31.2 Å². The number of amides is 2. The van der Waals surface area contributed by atoms with E-state index in [1.54, 1.807) is 12.1 Å². The number of hydrogen-bond donors (Lipinski definition) is 3. The van der Waals surface area contributed by atoms with E-state index in [4.69, 9.17) is 14.7 Å². The minimum atomic E-state index is -2.59. The molecule has 0 radical (unpaired) electrons. The summed E-state index contributed by atoms with van der Waals surface area (Å²) in [4.78, 5) is 23.7. The van der Waals surface area contributed by atoms with Crippen molar-refractivity contribution in [3.63, 3.8) is 0 Å². The second-order valence-corrected chi connectivity index (χ2v) is 7.64. The molecule has 166 valence electrons. The molecular formula is C21H26F2N6O2. The van der Waals surface area contributed by atoms with Crippen LogP contribution in [0.2, 0.25) is 0 Å². The first-order valence-corrected chi connectivity index (χ1v) is 10.4. The van der Waals surface area contributed by atoms with Crippen molar-refractivity contribution in [2.45, 2.75) is 32.4 Å². The minimum absolute atomic E-state index is 0.223. The minimum Gasteiger partial charge on any atom is -0.377 e. The zero-order valence-corrected chi connectivity index (χ0v) is 17.3. The monoisotopic (exact) mass is 432 g/mol. The number of alkyl halides is 2. The lowest BCUT2D eigenvalue weighted by molar-refractivity contribution is 0.0984. The van der Waals surface area contributed by atoms with E-state index in [-0.39, 0.29) is 6.04 Å². The lowest BCUT2D eigenvalue weighted by Gasteiger charge is -2.36. The third kappa shape index (κ3) is 5.08. The highest BCUT2D eigenvalue weighted by molar-refractivity contribution is 5.89. The fourth-order valence-corrected chi connectivity index (χ4v) is 3.78. The molecule has 0 saturated carbocycles. The molecule has 31 heavy (non-hydrogen) atoms. The van der Waals surface area contributed by atoms with Gasteiger partial charge in [0.05, 0.1) is 31.5 Å². The molecule has 1 unspecified atom stereocenters. The molecule has 1 atom stereocenters. The maximum absolute atomic E-state index is 12.2. The Morgan fingerprint density at radius 3 is 2.87 bits per heavy atom. The lowest BCUT2D eigenvalue weighted by Crippen LogP contribution is -2.45. The Kier molecular flexibility index (Phi) is 6.57. The number of hydrogen-bond acceptors (Lipinski definition) is 6. The van der Waals surface area contributed by atoms with E-state index < -0.39 is 19.0 Å². The molecule has 1 saturated heterocycles. The number of anilines is 2. The van der Waals surface area contributed by atoms with Crippen LogP contribution in [-0.2, 0) is 17.7 Å². The van der Waals surface area contributed by atoms with Crippen molar-refractivity contribution in [3.8, 4) is 11.4 Å². The molecule has 8 nitrogen and oxygen atoms in total. The van der Waals surface area contributed by atoms with Crippen LogP contribution in [-0.4, -0.2) is 61.3 Å². The molecule has 0 aliphatic carbocycles. The van der Waals surface area contributed by atoms with Gasteiger partial charge in [-0.2, -0.15) is 0 Å². The van der Waals surface area contributed by atoms with E-state index in [1.165, 1.54) is 0 Å². The van der Waals surface area contributed by atoms with Gasteiger partial charge in [-0.3, -0.25) is 0 Å². The van der Waals surface area contributed by atoms with Crippen LogP contribution in [0.1, 0.15) is 18.2 Å². The van der Waals surface area contributed by atoms with Crippen LogP contribution in [0.3, 0.4) is 0 Å². The molecule has 2 aliphatic rings. The molecule has 1 fully saturated rings. The Morgan fingerprint density at radius 2 is 2.13 bits per heavy atom. The van der Waals surface area contributed by atoms with Crippen molar-refractivity contribution < 1.29 is 18.3 Å². The van der Waals surface area contributed by atoms with Gasteiger partial charge in [0.1, 0.15) is 5.82 Å². The Morgan fingerprint density at radius 1 is 1.32 bits per heavy atom. The highest BCUT2D eigenvalue weighted by atomic mass is 19.3. The maximum atomic E-state index is 12.2. The fraction of sp³-hybridized carbons (Fsp3) is 0.476. The van der Waals surface area contributed by atoms with Gasteiger partial charge in [-0.25, -0.2) is 23.5 Å². The maximum Gasteiger partial charge on any atom is 0.319 e. The summed E-state index contributed by atoms with van der Waals surface area (Å²) in [6, 6.07) is 6.60.